The molecular formula is C30H36FN7O. The van der Waals surface area contributed by atoms with Crippen LogP contribution in [0.15, 0.2) is 54.9 Å². The van der Waals surface area contributed by atoms with Crippen molar-refractivity contribution >= 4 is 28.4 Å². The highest BCUT2D eigenvalue weighted by Crippen LogP contribution is 2.27. The van der Waals surface area contributed by atoms with Crippen LogP contribution in [0, 0.1) is 12.7 Å². The molecule has 0 spiro atoms. The van der Waals surface area contributed by atoms with E-state index >= 15 is 4.39 Å². The monoisotopic (exact) mass is 529 g/mol. The maximum absolute atomic E-state index is 15.1. The van der Waals surface area contributed by atoms with Crippen LogP contribution in [-0.4, -0.2) is 70.9 Å². The molecule has 2 aliphatic rings. The fourth-order valence-electron chi connectivity index (χ4n) is 5.56. The van der Waals surface area contributed by atoms with Crippen LogP contribution in [0.4, 0.5) is 21.7 Å². The van der Waals surface area contributed by atoms with Crippen molar-refractivity contribution in [2.24, 2.45) is 0 Å². The standard InChI is InChI=1S/C30H36FN7O/c1-21-4-5-24(16-23(21)19-36-11-9-33-30(2,3)20-36)34-29-32-18-22-8-10-38(28(22)35-29)25-6-7-27(26(31)17-25)37-12-14-39-15-13-37/h4-8,10,16-18,33H,9,11-15,19-20H2,1-3H3,(H,32,34,35). The number of benzene rings is 2. The van der Waals surface area contributed by atoms with Gasteiger partial charge in [-0.3, -0.25) is 4.90 Å². The Morgan fingerprint density at radius 3 is 2.72 bits per heavy atom. The molecule has 4 aromatic rings. The highest BCUT2D eigenvalue weighted by molar-refractivity contribution is 5.79. The first-order valence-corrected chi connectivity index (χ1v) is 13.7. The fraction of sp³-hybridized carbons (Fsp3) is 0.400. The molecule has 2 fully saturated rings. The van der Waals surface area contributed by atoms with Gasteiger partial charge >= 0.3 is 0 Å². The zero-order valence-electron chi connectivity index (χ0n) is 22.9. The minimum atomic E-state index is -0.247. The van der Waals surface area contributed by atoms with Crippen LogP contribution in [0.25, 0.3) is 16.7 Å². The summed E-state index contributed by atoms with van der Waals surface area (Å²) >= 11 is 0. The molecule has 2 aromatic carbocycles. The Bertz CT molecular complexity index is 1480. The number of nitrogens with zero attached hydrogens (tertiary/aromatic N) is 5. The van der Waals surface area contributed by atoms with Gasteiger partial charge in [0.1, 0.15) is 11.5 Å². The molecule has 0 bridgehead atoms. The van der Waals surface area contributed by atoms with E-state index in [1.54, 1.807) is 12.3 Å². The second kappa shape index (κ2) is 10.6. The van der Waals surface area contributed by atoms with E-state index in [-0.39, 0.29) is 11.4 Å². The lowest BCUT2D eigenvalue weighted by molar-refractivity contribution is 0.122. The summed E-state index contributed by atoms with van der Waals surface area (Å²) in [5.41, 5.74) is 5.68. The van der Waals surface area contributed by atoms with Crippen molar-refractivity contribution in [1.82, 2.24) is 24.8 Å². The second-order valence-electron chi connectivity index (χ2n) is 11.2. The molecular weight excluding hydrogens is 493 g/mol. The number of nitrogens with one attached hydrogen (secondary N) is 2. The van der Waals surface area contributed by atoms with Crippen LogP contribution >= 0.6 is 0 Å². The SMILES string of the molecule is Cc1ccc(Nc2ncc3ccn(-c4ccc(N5CCOCC5)c(F)c4)c3n2)cc1CN1CCNC(C)(C)C1. The van der Waals surface area contributed by atoms with Crippen molar-refractivity contribution in [3.63, 3.8) is 0 Å². The number of ether oxygens (including phenoxy) is 1. The van der Waals surface area contributed by atoms with Crippen LogP contribution in [0.2, 0.25) is 0 Å². The van der Waals surface area contributed by atoms with Gasteiger partial charge in [0.25, 0.3) is 0 Å². The fourth-order valence-corrected chi connectivity index (χ4v) is 5.56. The normalized spacial score (nSPS) is 18.0. The molecule has 0 amide bonds. The van der Waals surface area contributed by atoms with Crippen molar-refractivity contribution in [2.45, 2.75) is 32.9 Å². The molecule has 2 aromatic heterocycles. The van der Waals surface area contributed by atoms with E-state index in [9.17, 15) is 0 Å². The van der Waals surface area contributed by atoms with Gasteiger partial charge in [0.2, 0.25) is 5.95 Å². The molecule has 204 valence electrons. The van der Waals surface area contributed by atoms with Gasteiger partial charge in [-0.05, 0) is 62.2 Å². The molecule has 4 heterocycles. The summed E-state index contributed by atoms with van der Waals surface area (Å²) in [5.74, 6) is 0.259. The van der Waals surface area contributed by atoms with Crippen molar-refractivity contribution in [3.8, 4) is 5.69 Å². The number of anilines is 3. The van der Waals surface area contributed by atoms with Gasteiger partial charge in [-0.25, -0.2) is 9.37 Å². The molecule has 2 saturated heterocycles. The quantitative estimate of drug-likeness (QED) is 0.377. The number of hydrogen-bond acceptors (Lipinski definition) is 7. The minimum Gasteiger partial charge on any atom is -0.378 e. The summed E-state index contributed by atoms with van der Waals surface area (Å²) < 4.78 is 22.4. The van der Waals surface area contributed by atoms with Gasteiger partial charge in [0.15, 0.2) is 0 Å². The van der Waals surface area contributed by atoms with E-state index in [2.05, 4.69) is 59.5 Å². The molecule has 2 N–H and O–H groups in total. The van der Waals surface area contributed by atoms with E-state index in [0.717, 1.165) is 48.6 Å². The van der Waals surface area contributed by atoms with Gasteiger partial charge in [-0.2, -0.15) is 4.98 Å². The summed E-state index contributed by atoms with van der Waals surface area (Å²) in [6.45, 7) is 13.2. The predicted octanol–water partition coefficient (Wildman–Crippen LogP) is 4.63. The molecule has 8 nitrogen and oxygen atoms in total. The van der Waals surface area contributed by atoms with Crippen molar-refractivity contribution in [3.05, 3.63) is 71.8 Å². The summed E-state index contributed by atoms with van der Waals surface area (Å²) in [5, 5.41) is 7.87. The highest BCUT2D eigenvalue weighted by atomic mass is 19.1. The summed E-state index contributed by atoms with van der Waals surface area (Å²) in [6.07, 6.45) is 3.71. The van der Waals surface area contributed by atoms with E-state index in [1.165, 1.54) is 11.1 Å². The zero-order valence-corrected chi connectivity index (χ0v) is 22.9. The number of aryl methyl sites for hydroxylation is 1. The molecule has 0 atom stereocenters. The number of halogens is 1. The van der Waals surface area contributed by atoms with Gasteiger partial charge < -0.3 is 24.8 Å². The maximum Gasteiger partial charge on any atom is 0.229 e. The molecule has 9 heteroatoms. The van der Waals surface area contributed by atoms with Crippen LogP contribution in [0.1, 0.15) is 25.0 Å². The Kier molecular flexibility index (Phi) is 6.97. The third-order valence-electron chi connectivity index (χ3n) is 7.64. The van der Waals surface area contributed by atoms with Gasteiger partial charge in [0.05, 0.1) is 24.6 Å². The molecule has 6 rings (SSSR count). The Morgan fingerprint density at radius 2 is 1.92 bits per heavy atom. The molecule has 2 aliphatic heterocycles. The average Bonchev–Trinajstić information content (AvgIpc) is 3.34. The Labute approximate surface area is 228 Å². The first-order valence-electron chi connectivity index (χ1n) is 13.7. The molecule has 0 aliphatic carbocycles. The summed E-state index contributed by atoms with van der Waals surface area (Å²) in [4.78, 5) is 13.9. The van der Waals surface area contributed by atoms with Crippen molar-refractivity contribution in [1.29, 1.82) is 0 Å². The molecule has 0 radical (unpaired) electrons. The summed E-state index contributed by atoms with van der Waals surface area (Å²) in [6, 6.07) is 13.7. The van der Waals surface area contributed by atoms with Gasteiger partial charge in [-0.15, -0.1) is 0 Å². The second-order valence-corrected chi connectivity index (χ2v) is 11.2. The van der Waals surface area contributed by atoms with Crippen LogP contribution in [0.5, 0.6) is 0 Å². The number of aromatic nitrogens is 3. The van der Waals surface area contributed by atoms with E-state index in [4.69, 9.17) is 9.72 Å². The molecule has 0 unspecified atom stereocenters. The van der Waals surface area contributed by atoms with Crippen molar-refractivity contribution in [2.75, 3.05) is 56.2 Å². The smallest absolute Gasteiger partial charge is 0.229 e. The molecule has 39 heavy (non-hydrogen) atoms. The van der Waals surface area contributed by atoms with Crippen molar-refractivity contribution < 1.29 is 9.13 Å². The first kappa shape index (κ1) is 25.7. The van der Waals surface area contributed by atoms with Crippen LogP contribution < -0.4 is 15.5 Å². The van der Waals surface area contributed by atoms with Crippen LogP contribution in [0.3, 0.4) is 0 Å². The van der Waals surface area contributed by atoms with E-state index < -0.39 is 0 Å². The number of rotatable bonds is 6. The zero-order chi connectivity index (χ0) is 27.0. The van der Waals surface area contributed by atoms with E-state index in [0.29, 0.717) is 37.9 Å². The number of hydrogen-bond donors (Lipinski definition) is 2. The first-order chi connectivity index (χ1) is 18.8. The lowest BCUT2D eigenvalue weighted by Crippen LogP contribution is -2.56. The number of morpholine rings is 1. The number of fused-ring (bicyclic) bond motifs is 1. The number of piperazine rings is 1. The minimum absolute atomic E-state index is 0.117. The Hall–Kier alpha value is -3.53. The maximum atomic E-state index is 15.1. The van der Waals surface area contributed by atoms with E-state index in [1.807, 2.05) is 33.9 Å². The Balaban J connectivity index is 1.23. The predicted molar refractivity (Wildman–Crippen MR) is 154 cm³/mol. The lowest BCUT2D eigenvalue weighted by Gasteiger charge is -2.39. The Morgan fingerprint density at radius 1 is 1.08 bits per heavy atom. The third-order valence-corrected chi connectivity index (χ3v) is 7.64. The summed E-state index contributed by atoms with van der Waals surface area (Å²) in [7, 11) is 0. The van der Waals surface area contributed by atoms with Gasteiger partial charge in [0, 0.05) is 74.3 Å². The third kappa shape index (κ3) is 5.61. The largest absolute Gasteiger partial charge is 0.378 e. The average molecular weight is 530 g/mol. The molecule has 0 saturated carbocycles. The highest BCUT2D eigenvalue weighted by Gasteiger charge is 2.26. The van der Waals surface area contributed by atoms with Gasteiger partial charge in [-0.1, -0.05) is 6.07 Å². The topological polar surface area (TPSA) is 70.5 Å². The lowest BCUT2D eigenvalue weighted by atomic mass is 10.0. The van der Waals surface area contributed by atoms with Crippen LogP contribution in [-0.2, 0) is 11.3 Å².